The van der Waals surface area contributed by atoms with E-state index in [9.17, 15) is 17.9 Å². The SMILES string of the molecule is CS(=O)(=O)c1ccc(S(=O)C2CCCCCC2C#N)cc1. The van der Waals surface area contributed by atoms with Crippen molar-refractivity contribution in [3.05, 3.63) is 24.3 Å². The Kier molecular flexibility index (Phi) is 5.17. The Morgan fingerprint density at radius 1 is 1.14 bits per heavy atom. The van der Waals surface area contributed by atoms with Crippen molar-refractivity contribution < 1.29 is 12.6 Å². The van der Waals surface area contributed by atoms with Crippen LogP contribution in [0.4, 0.5) is 0 Å². The Morgan fingerprint density at radius 3 is 2.33 bits per heavy atom. The van der Waals surface area contributed by atoms with Crippen LogP contribution in [-0.2, 0) is 20.6 Å². The van der Waals surface area contributed by atoms with Gasteiger partial charge in [-0.25, -0.2) is 8.42 Å². The fourth-order valence-corrected chi connectivity index (χ4v) is 4.93. The molecule has 114 valence electrons. The predicted molar refractivity (Wildman–Crippen MR) is 81.9 cm³/mol. The summed E-state index contributed by atoms with van der Waals surface area (Å²) in [5.41, 5.74) is 0. The van der Waals surface area contributed by atoms with Gasteiger partial charge in [0, 0.05) is 11.2 Å². The highest BCUT2D eigenvalue weighted by molar-refractivity contribution is 7.90. The lowest BCUT2D eigenvalue weighted by Gasteiger charge is -2.18. The average molecular weight is 325 g/mol. The molecule has 0 aromatic heterocycles. The molecule has 3 atom stereocenters. The molecule has 0 saturated heterocycles. The lowest BCUT2D eigenvalue weighted by molar-refractivity contribution is 0.564. The summed E-state index contributed by atoms with van der Waals surface area (Å²) in [5.74, 6) is -0.178. The Bertz CT molecular complexity index is 659. The number of sulfone groups is 1. The minimum atomic E-state index is -3.24. The minimum absolute atomic E-state index is 0.151. The van der Waals surface area contributed by atoms with Crippen molar-refractivity contribution in [3.8, 4) is 6.07 Å². The number of benzene rings is 1. The molecule has 0 spiro atoms. The van der Waals surface area contributed by atoms with Gasteiger partial charge < -0.3 is 0 Å². The molecule has 0 aliphatic heterocycles. The first-order chi connectivity index (χ1) is 9.93. The van der Waals surface area contributed by atoms with Crippen molar-refractivity contribution in [2.75, 3.05) is 6.26 Å². The molecule has 1 aromatic rings. The van der Waals surface area contributed by atoms with Crippen LogP contribution in [0.5, 0.6) is 0 Å². The van der Waals surface area contributed by atoms with Crippen molar-refractivity contribution in [1.82, 2.24) is 0 Å². The summed E-state index contributed by atoms with van der Waals surface area (Å²) in [6.45, 7) is 0. The van der Waals surface area contributed by atoms with Crippen molar-refractivity contribution in [1.29, 1.82) is 5.26 Å². The van der Waals surface area contributed by atoms with E-state index in [-0.39, 0.29) is 16.1 Å². The smallest absolute Gasteiger partial charge is 0.175 e. The maximum atomic E-state index is 12.7. The van der Waals surface area contributed by atoms with Crippen LogP contribution in [0.25, 0.3) is 0 Å². The van der Waals surface area contributed by atoms with Crippen LogP contribution in [0.15, 0.2) is 34.1 Å². The van der Waals surface area contributed by atoms with Crippen LogP contribution in [0.1, 0.15) is 32.1 Å². The monoisotopic (exact) mass is 325 g/mol. The standard InChI is InChI=1S/C15H19NO3S2/c1-21(18,19)14-9-7-13(8-10-14)20(17)15-6-4-2-3-5-12(15)11-16/h7-10,12,15H,2-6H2,1H3. The quantitative estimate of drug-likeness (QED) is 0.801. The van der Waals surface area contributed by atoms with Gasteiger partial charge >= 0.3 is 0 Å². The number of nitrogens with zero attached hydrogens (tertiary/aromatic N) is 1. The number of hydrogen-bond donors (Lipinski definition) is 0. The molecule has 1 saturated carbocycles. The van der Waals surface area contributed by atoms with Gasteiger partial charge in [0.25, 0.3) is 0 Å². The Hall–Kier alpha value is -1.19. The second-order valence-electron chi connectivity index (χ2n) is 5.45. The zero-order chi connectivity index (χ0) is 15.5. The highest BCUT2D eigenvalue weighted by atomic mass is 32.2. The molecule has 1 fully saturated rings. The van der Waals surface area contributed by atoms with Gasteiger partial charge in [0.05, 0.1) is 32.9 Å². The molecule has 6 heteroatoms. The van der Waals surface area contributed by atoms with Gasteiger partial charge in [-0.15, -0.1) is 0 Å². The first-order valence-electron chi connectivity index (χ1n) is 7.04. The first-order valence-corrected chi connectivity index (χ1v) is 10.1. The maximum Gasteiger partial charge on any atom is 0.175 e. The molecular weight excluding hydrogens is 306 g/mol. The van der Waals surface area contributed by atoms with E-state index in [0.717, 1.165) is 38.4 Å². The van der Waals surface area contributed by atoms with Crippen LogP contribution in [0, 0.1) is 17.2 Å². The summed E-state index contributed by atoms with van der Waals surface area (Å²) in [6.07, 6.45) is 5.83. The van der Waals surface area contributed by atoms with Crippen molar-refractivity contribution in [3.63, 3.8) is 0 Å². The lowest BCUT2D eigenvalue weighted by Crippen LogP contribution is -2.23. The Morgan fingerprint density at radius 2 is 1.76 bits per heavy atom. The molecule has 0 radical (unpaired) electrons. The highest BCUT2D eigenvalue weighted by Crippen LogP contribution is 2.29. The van der Waals surface area contributed by atoms with Crippen LogP contribution in [0.3, 0.4) is 0 Å². The third-order valence-electron chi connectivity index (χ3n) is 3.88. The summed E-state index contributed by atoms with van der Waals surface area (Å²) in [4.78, 5) is 0.829. The average Bonchev–Trinajstić information content (AvgIpc) is 2.70. The van der Waals surface area contributed by atoms with Gasteiger partial charge in [-0.2, -0.15) is 5.26 Å². The zero-order valence-electron chi connectivity index (χ0n) is 12.0. The van der Waals surface area contributed by atoms with Gasteiger partial charge in [-0.05, 0) is 37.1 Å². The van der Waals surface area contributed by atoms with Crippen LogP contribution in [0.2, 0.25) is 0 Å². The van der Waals surface area contributed by atoms with E-state index in [1.165, 1.54) is 12.1 Å². The normalized spacial score (nSPS) is 24.8. The lowest BCUT2D eigenvalue weighted by atomic mass is 10.0. The molecule has 0 heterocycles. The van der Waals surface area contributed by atoms with E-state index in [4.69, 9.17) is 0 Å². The molecular formula is C15H19NO3S2. The molecule has 21 heavy (non-hydrogen) atoms. The molecule has 1 aromatic carbocycles. The van der Waals surface area contributed by atoms with E-state index in [2.05, 4.69) is 6.07 Å². The summed E-state index contributed by atoms with van der Waals surface area (Å²) in [7, 11) is -4.51. The fraction of sp³-hybridized carbons (Fsp3) is 0.533. The van der Waals surface area contributed by atoms with Crippen molar-refractivity contribution >= 4 is 20.6 Å². The van der Waals surface area contributed by atoms with E-state index < -0.39 is 20.6 Å². The van der Waals surface area contributed by atoms with Crippen LogP contribution in [-0.4, -0.2) is 24.1 Å². The molecule has 0 amide bonds. The summed E-state index contributed by atoms with van der Waals surface area (Å²) >= 11 is 0. The van der Waals surface area contributed by atoms with Gasteiger partial charge in [0.15, 0.2) is 9.84 Å². The summed E-state index contributed by atoms with van der Waals surface area (Å²) in [6, 6.07) is 8.47. The topological polar surface area (TPSA) is 75.0 Å². The van der Waals surface area contributed by atoms with Gasteiger partial charge in [0.1, 0.15) is 0 Å². The predicted octanol–water partition coefficient (Wildman–Crippen LogP) is 2.67. The second-order valence-corrected chi connectivity index (χ2v) is 9.14. The molecule has 1 aliphatic rings. The Labute approximate surface area is 128 Å². The molecule has 3 unspecified atom stereocenters. The number of hydrogen-bond acceptors (Lipinski definition) is 4. The summed E-state index contributed by atoms with van der Waals surface area (Å²) in [5, 5.41) is 9.12. The minimum Gasteiger partial charge on any atom is -0.254 e. The van der Waals surface area contributed by atoms with E-state index in [0.29, 0.717) is 4.90 Å². The number of rotatable bonds is 3. The molecule has 0 bridgehead atoms. The zero-order valence-corrected chi connectivity index (χ0v) is 13.6. The molecule has 1 aliphatic carbocycles. The van der Waals surface area contributed by atoms with Crippen molar-refractivity contribution in [2.24, 2.45) is 5.92 Å². The third-order valence-corrected chi connectivity index (χ3v) is 6.86. The fourth-order valence-electron chi connectivity index (χ4n) is 2.67. The van der Waals surface area contributed by atoms with Gasteiger partial charge in [-0.1, -0.05) is 19.3 Å². The second kappa shape index (κ2) is 6.71. The van der Waals surface area contributed by atoms with Crippen LogP contribution < -0.4 is 0 Å². The molecule has 0 N–H and O–H groups in total. The Balaban J connectivity index is 2.24. The maximum absolute atomic E-state index is 12.7. The number of nitriles is 1. The van der Waals surface area contributed by atoms with Crippen LogP contribution >= 0.6 is 0 Å². The first kappa shape index (κ1) is 16.2. The molecule has 4 nitrogen and oxygen atoms in total. The largest absolute Gasteiger partial charge is 0.254 e. The third kappa shape index (κ3) is 3.92. The van der Waals surface area contributed by atoms with E-state index >= 15 is 0 Å². The van der Waals surface area contributed by atoms with Gasteiger partial charge in [-0.3, -0.25) is 4.21 Å². The van der Waals surface area contributed by atoms with Crippen molar-refractivity contribution in [2.45, 2.75) is 47.1 Å². The summed E-state index contributed by atoms with van der Waals surface area (Å²) < 4.78 is 35.6. The van der Waals surface area contributed by atoms with E-state index in [1.807, 2.05) is 0 Å². The highest BCUT2D eigenvalue weighted by Gasteiger charge is 2.29. The van der Waals surface area contributed by atoms with E-state index in [1.54, 1.807) is 12.1 Å². The molecule has 2 rings (SSSR count). The van der Waals surface area contributed by atoms with Gasteiger partial charge in [0.2, 0.25) is 0 Å².